The summed E-state index contributed by atoms with van der Waals surface area (Å²) in [6.07, 6.45) is 1.26. The van der Waals surface area contributed by atoms with Gasteiger partial charge in [-0.3, -0.25) is 0 Å². The monoisotopic (exact) mass is 128 g/mol. The van der Waals surface area contributed by atoms with Gasteiger partial charge in [0.25, 0.3) is 0 Å². The van der Waals surface area contributed by atoms with Crippen molar-refractivity contribution in [2.75, 3.05) is 20.6 Å². The molecule has 0 rings (SSSR count). The normalized spacial score (nSPS) is 7.56. The molecule has 0 aromatic rings. The Morgan fingerprint density at radius 2 is 1.78 bits per heavy atom. The Kier molecular flexibility index (Phi) is 13.1. The Bertz CT molecular complexity index is 71.5. The molecule has 54 valence electrons. The van der Waals surface area contributed by atoms with Crippen molar-refractivity contribution in [1.82, 2.24) is 4.90 Å². The zero-order valence-electron chi connectivity index (χ0n) is 6.81. The first-order chi connectivity index (χ1) is 4.18. The predicted octanol–water partition coefficient (Wildman–Crippen LogP) is 1.49. The van der Waals surface area contributed by atoms with Gasteiger partial charge in [0.1, 0.15) is 0 Å². The van der Waals surface area contributed by atoms with E-state index in [1.165, 1.54) is 19.9 Å². The van der Waals surface area contributed by atoms with Gasteiger partial charge in [0.15, 0.2) is 0 Å². The molecule has 0 N–H and O–H groups in total. The second-order valence-electron chi connectivity index (χ2n) is 2.03. The van der Waals surface area contributed by atoms with Crippen LogP contribution in [0.3, 0.4) is 0 Å². The standard InChI is InChI=1S/C5H13N.C2H3N/c1-4-5-6(2)3;1-2-3/h4-5H2,1-3H3;1H3. The van der Waals surface area contributed by atoms with Crippen molar-refractivity contribution in [3.63, 3.8) is 0 Å². The van der Waals surface area contributed by atoms with Gasteiger partial charge in [0.2, 0.25) is 0 Å². The van der Waals surface area contributed by atoms with E-state index in [4.69, 9.17) is 5.26 Å². The number of rotatable bonds is 2. The molecule has 0 aliphatic heterocycles. The third-order valence-electron chi connectivity index (χ3n) is 0.671. The molecule has 0 aromatic heterocycles. The molecule has 0 bridgehead atoms. The first-order valence-corrected chi connectivity index (χ1v) is 3.14. The van der Waals surface area contributed by atoms with E-state index in [-0.39, 0.29) is 0 Å². The van der Waals surface area contributed by atoms with Crippen LogP contribution in [-0.2, 0) is 0 Å². The Balaban J connectivity index is 0. The molecule has 0 saturated heterocycles. The smallest absolute Gasteiger partial charge is 0.0587 e. The highest BCUT2D eigenvalue weighted by Crippen LogP contribution is 1.76. The van der Waals surface area contributed by atoms with Gasteiger partial charge < -0.3 is 4.90 Å². The number of hydrogen-bond acceptors (Lipinski definition) is 2. The summed E-state index contributed by atoms with van der Waals surface area (Å²) < 4.78 is 0. The summed E-state index contributed by atoms with van der Waals surface area (Å²) in [5.74, 6) is 0. The quantitative estimate of drug-likeness (QED) is 0.563. The summed E-state index contributed by atoms with van der Waals surface area (Å²) in [5, 5.41) is 7.32. The maximum absolute atomic E-state index is 7.32. The fraction of sp³-hybridized carbons (Fsp3) is 0.857. The average molecular weight is 128 g/mol. The highest BCUT2D eigenvalue weighted by Gasteiger charge is 1.79. The molecule has 0 atom stereocenters. The van der Waals surface area contributed by atoms with Crippen molar-refractivity contribution in [2.45, 2.75) is 20.3 Å². The number of nitrogens with zero attached hydrogens (tertiary/aromatic N) is 2. The van der Waals surface area contributed by atoms with E-state index < -0.39 is 0 Å². The summed E-state index contributed by atoms with van der Waals surface area (Å²) in [7, 11) is 4.17. The van der Waals surface area contributed by atoms with E-state index in [0.29, 0.717) is 0 Å². The summed E-state index contributed by atoms with van der Waals surface area (Å²) in [6, 6.07) is 1.75. The van der Waals surface area contributed by atoms with E-state index in [0.717, 1.165) is 0 Å². The van der Waals surface area contributed by atoms with E-state index in [1.54, 1.807) is 6.07 Å². The molecule has 0 aliphatic carbocycles. The van der Waals surface area contributed by atoms with Gasteiger partial charge in [-0.2, -0.15) is 5.26 Å². The second-order valence-corrected chi connectivity index (χ2v) is 2.03. The summed E-state index contributed by atoms with van der Waals surface area (Å²) in [5.41, 5.74) is 0. The molecule has 0 amide bonds. The summed E-state index contributed by atoms with van der Waals surface area (Å²) >= 11 is 0. The van der Waals surface area contributed by atoms with E-state index in [9.17, 15) is 0 Å². The van der Waals surface area contributed by atoms with E-state index in [2.05, 4.69) is 25.9 Å². The lowest BCUT2D eigenvalue weighted by atomic mass is 10.5. The van der Waals surface area contributed by atoms with Crippen LogP contribution >= 0.6 is 0 Å². The molecule has 9 heavy (non-hydrogen) atoms. The molecule has 0 aliphatic rings. The molecule has 2 nitrogen and oxygen atoms in total. The fourth-order valence-corrected chi connectivity index (χ4v) is 0.447. The predicted molar refractivity (Wildman–Crippen MR) is 40.1 cm³/mol. The van der Waals surface area contributed by atoms with Crippen LogP contribution in [0.5, 0.6) is 0 Å². The third kappa shape index (κ3) is 36.9. The van der Waals surface area contributed by atoms with Gasteiger partial charge in [0, 0.05) is 6.92 Å². The van der Waals surface area contributed by atoms with E-state index >= 15 is 0 Å². The zero-order valence-corrected chi connectivity index (χ0v) is 6.81. The molecule has 0 fully saturated rings. The van der Waals surface area contributed by atoms with Crippen LogP contribution in [0.1, 0.15) is 20.3 Å². The largest absolute Gasteiger partial charge is 0.309 e. The molecule has 2 heteroatoms. The Morgan fingerprint density at radius 1 is 1.44 bits per heavy atom. The SMILES string of the molecule is CC#N.CCCN(C)C. The minimum absolute atomic E-state index is 1.21. The highest BCUT2D eigenvalue weighted by molar-refractivity contribution is 4.51. The third-order valence-corrected chi connectivity index (χ3v) is 0.671. The van der Waals surface area contributed by atoms with Gasteiger partial charge in [-0.25, -0.2) is 0 Å². The number of hydrogen-bond donors (Lipinski definition) is 0. The lowest BCUT2D eigenvalue weighted by Crippen LogP contribution is -2.11. The van der Waals surface area contributed by atoms with Gasteiger partial charge in [-0.1, -0.05) is 6.92 Å². The average Bonchev–Trinajstić information content (AvgIpc) is 1.67. The lowest BCUT2D eigenvalue weighted by Gasteiger charge is -2.03. The van der Waals surface area contributed by atoms with Gasteiger partial charge in [-0.05, 0) is 27.1 Å². The van der Waals surface area contributed by atoms with Crippen molar-refractivity contribution in [3.8, 4) is 6.07 Å². The summed E-state index contributed by atoms with van der Waals surface area (Å²) in [4.78, 5) is 2.18. The topological polar surface area (TPSA) is 27.0 Å². The molecule has 0 radical (unpaired) electrons. The lowest BCUT2D eigenvalue weighted by molar-refractivity contribution is 0.408. The summed E-state index contributed by atoms with van der Waals surface area (Å²) in [6.45, 7) is 4.82. The van der Waals surface area contributed by atoms with Gasteiger partial charge in [0.05, 0.1) is 6.07 Å². The molecule has 0 aromatic carbocycles. The first-order valence-electron chi connectivity index (χ1n) is 3.14. The van der Waals surface area contributed by atoms with Crippen molar-refractivity contribution in [2.24, 2.45) is 0 Å². The fourth-order valence-electron chi connectivity index (χ4n) is 0.447. The van der Waals surface area contributed by atoms with Crippen molar-refractivity contribution >= 4 is 0 Å². The Labute approximate surface area is 58.1 Å². The molecular formula is C7H16N2. The molecule has 0 saturated carbocycles. The van der Waals surface area contributed by atoms with Gasteiger partial charge >= 0.3 is 0 Å². The maximum Gasteiger partial charge on any atom is 0.0587 e. The minimum atomic E-state index is 1.21. The first kappa shape index (κ1) is 11.3. The van der Waals surface area contributed by atoms with Crippen LogP contribution < -0.4 is 0 Å². The van der Waals surface area contributed by atoms with Crippen LogP contribution in [0.4, 0.5) is 0 Å². The van der Waals surface area contributed by atoms with Crippen LogP contribution in [0.25, 0.3) is 0 Å². The number of nitriles is 1. The van der Waals surface area contributed by atoms with Crippen molar-refractivity contribution < 1.29 is 0 Å². The van der Waals surface area contributed by atoms with Crippen LogP contribution in [0.15, 0.2) is 0 Å². The molecule has 0 unspecified atom stereocenters. The van der Waals surface area contributed by atoms with Crippen LogP contribution in [0.2, 0.25) is 0 Å². The zero-order chi connectivity index (χ0) is 7.70. The maximum atomic E-state index is 7.32. The molecule has 0 heterocycles. The van der Waals surface area contributed by atoms with Crippen LogP contribution in [0, 0.1) is 11.3 Å². The van der Waals surface area contributed by atoms with Crippen LogP contribution in [-0.4, -0.2) is 25.5 Å². The van der Waals surface area contributed by atoms with Crippen molar-refractivity contribution in [1.29, 1.82) is 5.26 Å². The van der Waals surface area contributed by atoms with Gasteiger partial charge in [-0.15, -0.1) is 0 Å². The highest BCUT2D eigenvalue weighted by atomic mass is 15.0. The second kappa shape index (κ2) is 10.4. The Hall–Kier alpha value is -0.550. The Morgan fingerprint density at radius 3 is 1.78 bits per heavy atom. The molecular weight excluding hydrogens is 112 g/mol. The van der Waals surface area contributed by atoms with Crippen molar-refractivity contribution in [3.05, 3.63) is 0 Å². The van der Waals surface area contributed by atoms with E-state index in [1.807, 2.05) is 0 Å². The molecule has 0 spiro atoms. The minimum Gasteiger partial charge on any atom is -0.309 e.